The fourth-order valence-electron chi connectivity index (χ4n) is 0.162. The van der Waals surface area contributed by atoms with E-state index in [1.165, 1.54) is 0 Å². The van der Waals surface area contributed by atoms with E-state index in [0.717, 1.165) is 6.08 Å². The van der Waals surface area contributed by atoms with Crippen LogP contribution in [0.5, 0.6) is 0 Å². The normalized spacial score (nSPS) is 16.7. The first-order chi connectivity index (χ1) is 4.12. The van der Waals surface area contributed by atoms with Gasteiger partial charge in [-0.2, -0.15) is 0 Å². The lowest BCUT2D eigenvalue weighted by Crippen LogP contribution is -1.84. The number of hydrogen-bond donors (Lipinski definition) is 0. The Morgan fingerprint density at radius 2 is 2.33 bits per heavy atom. The van der Waals surface area contributed by atoms with E-state index in [9.17, 15) is 13.3 Å². The molecule has 0 aliphatic rings. The lowest BCUT2D eigenvalue weighted by Gasteiger charge is -1.98. The van der Waals surface area contributed by atoms with Crippen LogP contribution in [0.25, 0.3) is 0 Å². The molecular weight excluding hydrogens is 153 g/mol. The van der Waals surface area contributed by atoms with Crippen LogP contribution in [0.2, 0.25) is 0 Å². The highest BCUT2D eigenvalue weighted by Gasteiger charge is 2.23. The van der Waals surface area contributed by atoms with E-state index >= 15 is 0 Å². The molecule has 1 atom stereocenters. The summed E-state index contributed by atoms with van der Waals surface area (Å²) in [4.78, 5) is 0. The van der Waals surface area contributed by atoms with Gasteiger partial charge in [0.2, 0.25) is 0 Å². The van der Waals surface area contributed by atoms with Crippen molar-refractivity contribution in [3.8, 4) is 0 Å². The van der Waals surface area contributed by atoms with Crippen LogP contribution in [-0.4, -0.2) is 6.61 Å². The lowest BCUT2D eigenvalue weighted by atomic mass is 10.7. The minimum absolute atomic E-state index is 0.350. The third-order valence-corrected chi connectivity index (χ3v) is 1.05. The molecule has 9 heavy (non-hydrogen) atoms. The molecule has 0 heterocycles. The van der Waals surface area contributed by atoms with Gasteiger partial charge in [-0.1, -0.05) is 10.8 Å². The summed E-state index contributed by atoms with van der Waals surface area (Å²) in [5.41, 5.74) is 0. The van der Waals surface area contributed by atoms with Crippen molar-refractivity contribution in [2.45, 2.75) is 0 Å². The summed E-state index contributed by atoms with van der Waals surface area (Å²) >= 11 is 0. The minimum atomic E-state index is -4.93. The Kier molecular flexibility index (Phi) is 3.61. The van der Waals surface area contributed by atoms with Crippen molar-refractivity contribution in [2.24, 2.45) is 0 Å². The average molecular weight is 158 g/mol. The third-order valence-electron chi connectivity index (χ3n) is 0.429. The molecule has 0 saturated carbocycles. The summed E-state index contributed by atoms with van der Waals surface area (Å²) in [5, 5.41) is 0. The number of rotatable bonds is 4. The Bertz CT molecular complexity index is 137. The van der Waals surface area contributed by atoms with Crippen LogP contribution in [-0.2, 0) is 13.8 Å². The van der Waals surface area contributed by atoms with E-state index in [0.29, 0.717) is 0 Å². The Morgan fingerprint density at radius 1 is 1.78 bits per heavy atom. The zero-order chi connectivity index (χ0) is 7.33. The second-order valence-corrected chi connectivity index (χ2v) is 2.34. The zero-order valence-corrected chi connectivity index (χ0v) is 5.31. The predicted molar refractivity (Wildman–Crippen MR) is 27.1 cm³/mol. The van der Waals surface area contributed by atoms with Crippen LogP contribution < -0.4 is 0 Å². The summed E-state index contributed by atoms with van der Waals surface area (Å²) in [6.45, 7) is 2.76. The molecule has 0 aromatic rings. The highest BCUT2D eigenvalue weighted by Crippen LogP contribution is 2.49. The van der Waals surface area contributed by atoms with Crippen molar-refractivity contribution >= 4 is 7.91 Å². The van der Waals surface area contributed by atoms with Gasteiger partial charge in [-0.15, -0.1) is 10.8 Å². The van der Waals surface area contributed by atoms with Gasteiger partial charge in [-0.05, 0) is 4.53 Å². The molecular formula is C3H5F2O3P. The fourth-order valence-corrected chi connectivity index (χ4v) is 0.485. The fraction of sp³-hybridized carbons (Fsp3) is 0.333. The molecule has 0 aromatic carbocycles. The van der Waals surface area contributed by atoms with E-state index in [2.05, 4.69) is 15.8 Å². The summed E-state index contributed by atoms with van der Waals surface area (Å²) in [6.07, 6.45) is 1.12. The summed E-state index contributed by atoms with van der Waals surface area (Å²) in [7, 11) is -4.93. The summed E-state index contributed by atoms with van der Waals surface area (Å²) in [6, 6.07) is 0. The standard InChI is InChI=1S/C3H5F2O3P/c1-2-3-7-9(5,6)8-4/h2H,1,3H2. The van der Waals surface area contributed by atoms with Crippen molar-refractivity contribution < 1.29 is 22.5 Å². The Balaban J connectivity index is 3.58. The molecule has 1 unspecified atom stereocenters. The van der Waals surface area contributed by atoms with Crippen LogP contribution >= 0.6 is 7.91 Å². The Labute approximate surface area is 50.8 Å². The minimum Gasteiger partial charge on any atom is -0.278 e. The Hall–Kier alpha value is -0.250. The van der Waals surface area contributed by atoms with Gasteiger partial charge in [0, 0.05) is 0 Å². The first-order valence-electron chi connectivity index (χ1n) is 1.98. The first kappa shape index (κ1) is 8.75. The van der Waals surface area contributed by atoms with Gasteiger partial charge >= 0.3 is 7.91 Å². The molecule has 0 radical (unpaired) electrons. The van der Waals surface area contributed by atoms with Gasteiger partial charge in [0.25, 0.3) is 0 Å². The molecule has 3 nitrogen and oxygen atoms in total. The van der Waals surface area contributed by atoms with Gasteiger partial charge < -0.3 is 0 Å². The van der Waals surface area contributed by atoms with Crippen molar-refractivity contribution in [1.82, 2.24) is 0 Å². The maximum atomic E-state index is 11.7. The highest BCUT2D eigenvalue weighted by atomic mass is 31.2. The van der Waals surface area contributed by atoms with Crippen LogP contribution in [0.4, 0.5) is 8.72 Å². The summed E-state index contributed by atoms with van der Waals surface area (Å²) < 4.78 is 38.4. The first-order valence-corrected chi connectivity index (χ1v) is 3.41. The highest BCUT2D eigenvalue weighted by molar-refractivity contribution is 7.47. The topological polar surface area (TPSA) is 35.5 Å². The maximum absolute atomic E-state index is 11.7. The molecule has 0 saturated heterocycles. The maximum Gasteiger partial charge on any atom is 0.544 e. The smallest absolute Gasteiger partial charge is 0.278 e. The van der Waals surface area contributed by atoms with Crippen molar-refractivity contribution in [2.75, 3.05) is 6.61 Å². The van der Waals surface area contributed by atoms with Gasteiger partial charge in [0.05, 0.1) is 6.61 Å². The van der Waals surface area contributed by atoms with Crippen molar-refractivity contribution in [1.29, 1.82) is 0 Å². The second kappa shape index (κ2) is 3.71. The monoisotopic (exact) mass is 158 g/mol. The van der Waals surface area contributed by atoms with Gasteiger partial charge in [0.15, 0.2) is 0 Å². The number of halogens is 2. The van der Waals surface area contributed by atoms with Crippen LogP contribution in [0, 0.1) is 0 Å². The molecule has 0 aliphatic carbocycles. The van der Waals surface area contributed by atoms with Crippen molar-refractivity contribution in [3.63, 3.8) is 0 Å². The van der Waals surface area contributed by atoms with E-state index in [4.69, 9.17) is 0 Å². The van der Waals surface area contributed by atoms with Crippen LogP contribution in [0.3, 0.4) is 0 Å². The number of hydrogen-bond acceptors (Lipinski definition) is 3. The average Bonchev–Trinajstić information content (AvgIpc) is 1.84. The Morgan fingerprint density at radius 3 is 2.67 bits per heavy atom. The van der Waals surface area contributed by atoms with Crippen LogP contribution in [0.1, 0.15) is 0 Å². The third kappa shape index (κ3) is 4.27. The molecule has 54 valence electrons. The molecule has 0 aliphatic heterocycles. The SMILES string of the molecule is C=CCOP(=O)(F)OF. The molecule has 0 N–H and O–H groups in total. The van der Waals surface area contributed by atoms with E-state index in [1.54, 1.807) is 0 Å². The van der Waals surface area contributed by atoms with Gasteiger partial charge in [-0.25, -0.2) is 4.57 Å². The van der Waals surface area contributed by atoms with E-state index in [1.807, 2.05) is 0 Å². The predicted octanol–water partition coefficient (Wildman–Crippen LogP) is 2.17. The summed E-state index contributed by atoms with van der Waals surface area (Å²) in [5.74, 6) is 0. The molecule has 0 fully saturated rings. The molecule has 0 spiro atoms. The van der Waals surface area contributed by atoms with Crippen LogP contribution in [0.15, 0.2) is 12.7 Å². The van der Waals surface area contributed by atoms with Crippen molar-refractivity contribution in [3.05, 3.63) is 12.7 Å². The molecule has 0 amide bonds. The molecule has 0 aromatic heterocycles. The van der Waals surface area contributed by atoms with E-state index < -0.39 is 7.91 Å². The molecule has 6 heteroatoms. The largest absolute Gasteiger partial charge is 0.544 e. The van der Waals surface area contributed by atoms with Gasteiger partial charge in [-0.3, -0.25) is 4.52 Å². The zero-order valence-electron chi connectivity index (χ0n) is 4.42. The molecule has 0 bridgehead atoms. The van der Waals surface area contributed by atoms with Gasteiger partial charge in [0.1, 0.15) is 0 Å². The quantitative estimate of drug-likeness (QED) is 0.464. The van der Waals surface area contributed by atoms with E-state index in [-0.39, 0.29) is 6.61 Å². The lowest BCUT2D eigenvalue weighted by molar-refractivity contribution is -0.0370. The molecule has 0 rings (SSSR count). The second-order valence-electron chi connectivity index (χ2n) is 1.08.